The molecule has 0 saturated carbocycles. The molecule has 2 N–H and O–H groups in total. The van der Waals surface area contributed by atoms with Crippen molar-refractivity contribution in [1.82, 2.24) is 25.3 Å². The largest absolute Gasteiger partial charge is 0.497 e. The van der Waals surface area contributed by atoms with E-state index in [4.69, 9.17) is 4.74 Å². The van der Waals surface area contributed by atoms with Crippen LogP contribution in [0.3, 0.4) is 0 Å². The molecule has 0 aliphatic carbocycles. The first-order valence-corrected chi connectivity index (χ1v) is 7.54. The van der Waals surface area contributed by atoms with Crippen LogP contribution in [0.4, 0.5) is 0 Å². The lowest BCUT2D eigenvalue weighted by Crippen LogP contribution is -2.13. The van der Waals surface area contributed by atoms with Gasteiger partial charge in [-0.15, -0.1) is 0 Å². The van der Waals surface area contributed by atoms with Crippen LogP contribution in [0.5, 0.6) is 5.75 Å². The molecule has 2 heterocycles. The molecule has 3 rings (SSSR count). The molecular weight excluding hydrogens is 290 g/mol. The average molecular weight is 311 g/mol. The summed E-state index contributed by atoms with van der Waals surface area (Å²) in [4.78, 5) is 0. The molecule has 0 spiro atoms. The molecule has 0 unspecified atom stereocenters. The first-order chi connectivity index (χ1) is 11.2. The van der Waals surface area contributed by atoms with Gasteiger partial charge in [-0.2, -0.15) is 10.2 Å². The lowest BCUT2D eigenvalue weighted by atomic mass is 10.1. The van der Waals surface area contributed by atoms with E-state index in [0.29, 0.717) is 0 Å². The highest BCUT2D eigenvalue weighted by Crippen LogP contribution is 2.21. The predicted octanol–water partition coefficient (Wildman–Crippen LogP) is 2.42. The van der Waals surface area contributed by atoms with Crippen LogP contribution in [0, 0.1) is 6.92 Å². The van der Waals surface area contributed by atoms with Crippen LogP contribution in [-0.2, 0) is 20.1 Å². The van der Waals surface area contributed by atoms with E-state index in [1.165, 1.54) is 5.56 Å². The maximum atomic E-state index is 5.17. The molecule has 0 bridgehead atoms. The smallest absolute Gasteiger partial charge is 0.118 e. The Balaban J connectivity index is 1.59. The fourth-order valence-electron chi connectivity index (χ4n) is 2.52. The minimum Gasteiger partial charge on any atom is -0.497 e. The Bertz CT molecular complexity index is 773. The first kappa shape index (κ1) is 15.3. The zero-order chi connectivity index (χ0) is 16.2. The highest BCUT2D eigenvalue weighted by Gasteiger charge is 2.06. The predicted molar refractivity (Wildman–Crippen MR) is 89.1 cm³/mol. The molecule has 3 aromatic rings. The van der Waals surface area contributed by atoms with Crippen molar-refractivity contribution >= 4 is 0 Å². The minimum absolute atomic E-state index is 0.734. The van der Waals surface area contributed by atoms with E-state index < -0.39 is 0 Å². The van der Waals surface area contributed by atoms with Gasteiger partial charge >= 0.3 is 0 Å². The fourth-order valence-corrected chi connectivity index (χ4v) is 2.52. The van der Waals surface area contributed by atoms with Crippen LogP contribution < -0.4 is 10.1 Å². The number of aromatic nitrogens is 4. The Morgan fingerprint density at radius 2 is 2.00 bits per heavy atom. The molecule has 0 atom stereocenters. The van der Waals surface area contributed by atoms with E-state index in [-0.39, 0.29) is 0 Å². The van der Waals surface area contributed by atoms with Crippen LogP contribution in [0.1, 0.15) is 17.0 Å². The van der Waals surface area contributed by atoms with Gasteiger partial charge in [0, 0.05) is 43.2 Å². The van der Waals surface area contributed by atoms with Crippen molar-refractivity contribution < 1.29 is 4.74 Å². The van der Waals surface area contributed by atoms with Gasteiger partial charge in [0.25, 0.3) is 0 Å². The second kappa shape index (κ2) is 6.66. The topological polar surface area (TPSA) is 67.8 Å². The second-order valence-electron chi connectivity index (χ2n) is 5.52. The van der Waals surface area contributed by atoms with Crippen LogP contribution in [0.15, 0.2) is 36.5 Å². The molecule has 0 fully saturated rings. The Morgan fingerprint density at radius 3 is 2.65 bits per heavy atom. The monoisotopic (exact) mass is 311 g/mol. The number of hydrogen-bond acceptors (Lipinski definition) is 4. The van der Waals surface area contributed by atoms with E-state index >= 15 is 0 Å². The third-order valence-corrected chi connectivity index (χ3v) is 3.76. The molecule has 1 aromatic carbocycles. The van der Waals surface area contributed by atoms with Crippen molar-refractivity contribution in [2.24, 2.45) is 7.05 Å². The number of methoxy groups -OCH3 is 1. The van der Waals surface area contributed by atoms with Gasteiger partial charge in [0.1, 0.15) is 5.75 Å². The molecule has 6 nitrogen and oxygen atoms in total. The van der Waals surface area contributed by atoms with Crippen molar-refractivity contribution in [2.75, 3.05) is 7.11 Å². The third kappa shape index (κ3) is 3.60. The standard InChI is InChI=1S/C17H21N5O/c1-12-14(11-22(2)21-12)9-18-10-15-8-17(20-19-15)13-4-6-16(23-3)7-5-13/h4-8,11,18H,9-10H2,1-3H3,(H,19,20). The summed E-state index contributed by atoms with van der Waals surface area (Å²) < 4.78 is 7.01. The average Bonchev–Trinajstić information content (AvgIpc) is 3.14. The van der Waals surface area contributed by atoms with Gasteiger partial charge < -0.3 is 10.1 Å². The van der Waals surface area contributed by atoms with Gasteiger partial charge in [-0.25, -0.2) is 0 Å². The molecular formula is C17H21N5O. The number of ether oxygens (including phenoxy) is 1. The number of nitrogens with zero attached hydrogens (tertiary/aromatic N) is 3. The molecule has 23 heavy (non-hydrogen) atoms. The van der Waals surface area contributed by atoms with Crippen molar-refractivity contribution in [2.45, 2.75) is 20.0 Å². The maximum Gasteiger partial charge on any atom is 0.118 e. The van der Waals surface area contributed by atoms with Crippen molar-refractivity contribution in [3.8, 4) is 17.0 Å². The van der Waals surface area contributed by atoms with Gasteiger partial charge in [-0.05, 0) is 37.3 Å². The van der Waals surface area contributed by atoms with Crippen LogP contribution in [0.2, 0.25) is 0 Å². The quantitative estimate of drug-likeness (QED) is 0.733. The number of aromatic amines is 1. The van der Waals surface area contributed by atoms with E-state index in [2.05, 4.69) is 26.7 Å². The summed E-state index contributed by atoms with van der Waals surface area (Å²) in [6, 6.07) is 9.95. The van der Waals surface area contributed by atoms with Gasteiger partial charge in [0.15, 0.2) is 0 Å². The van der Waals surface area contributed by atoms with Crippen LogP contribution >= 0.6 is 0 Å². The summed E-state index contributed by atoms with van der Waals surface area (Å²) in [5.41, 5.74) is 5.32. The molecule has 0 saturated heterocycles. The normalized spacial score (nSPS) is 10.9. The lowest BCUT2D eigenvalue weighted by molar-refractivity contribution is 0.415. The van der Waals surface area contributed by atoms with Gasteiger partial charge in [0.2, 0.25) is 0 Å². The molecule has 0 radical (unpaired) electrons. The Hall–Kier alpha value is -2.60. The molecule has 120 valence electrons. The van der Waals surface area contributed by atoms with Gasteiger partial charge in [-0.3, -0.25) is 9.78 Å². The van der Waals surface area contributed by atoms with Crippen molar-refractivity contribution in [3.05, 3.63) is 53.5 Å². The molecule has 6 heteroatoms. The van der Waals surface area contributed by atoms with Crippen molar-refractivity contribution in [1.29, 1.82) is 0 Å². The number of rotatable bonds is 6. The second-order valence-corrected chi connectivity index (χ2v) is 5.52. The molecule has 0 aliphatic rings. The third-order valence-electron chi connectivity index (χ3n) is 3.76. The Kier molecular flexibility index (Phi) is 4.43. The number of H-pyrrole nitrogens is 1. The lowest BCUT2D eigenvalue weighted by Gasteiger charge is -2.01. The van der Waals surface area contributed by atoms with E-state index in [9.17, 15) is 0 Å². The highest BCUT2D eigenvalue weighted by molar-refractivity contribution is 5.60. The first-order valence-electron chi connectivity index (χ1n) is 7.54. The Morgan fingerprint density at radius 1 is 1.22 bits per heavy atom. The maximum absolute atomic E-state index is 5.17. The van der Waals surface area contributed by atoms with Crippen molar-refractivity contribution in [3.63, 3.8) is 0 Å². The fraction of sp³-hybridized carbons (Fsp3) is 0.294. The summed E-state index contributed by atoms with van der Waals surface area (Å²) >= 11 is 0. The number of benzene rings is 1. The van der Waals surface area contributed by atoms with E-state index in [1.54, 1.807) is 7.11 Å². The van der Waals surface area contributed by atoms with Gasteiger partial charge in [0.05, 0.1) is 18.5 Å². The molecule has 2 aromatic heterocycles. The summed E-state index contributed by atoms with van der Waals surface area (Å²) in [6.45, 7) is 3.54. The summed E-state index contributed by atoms with van der Waals surface area (Å²) in [5, 5.41) is 15.2. The highest BCUT2D eigenvalue weighted by atomic mass is 16.5. The Labute approximate surface area is 135 Å². The zero-order valence-corrected chi connectivity index (χ0v) is 13.6. The molecule has 0 aliphatic heterocycles. The summed E-state index contributed by atoms with van der Waals surface area (Å²) in [7, 11) is 3.60. The number of nitrogens with one attached hydrogen (secondary N) is 2. The SMILES string of the molecule is COc1ccc(-c2cc(CNCc3cn(C)nc3C)[nH]n2)cc1. The van der Waals surface area contributed by atoms with E-state index in [0.717, 1.165) is 41.5 Å². The van der Waals surface area contributed by atoms with E-state index in [1.807, 2.05) is 49.1 Å². The van der Waals surface area contributed by atoms with Gasteiger partial charge in [-0.1, -0.05) is 0 Å². The van der Waals surface area contributed by atoms with Crippen LogP contribution in [0.25, 0.3) is 11.3 Å². The summed E-state index contributed by atoms with van der Waals surface area (Å²) in [6.07, 6.45) is 2.04. The minimum atomic E-state index is 0.734. The summed E-state index contributed by atoms with van der Waals surface area (Å²) in [5.74, 6) is 0.845. The number of hydrogen-bond donors (Lipinski definition) is 2. The molecule has 0 amide bonds. The zero-order valence-electron chi connectivity index (χ0n) is 13.6. The number of aryl methyl sites for hydroxylation is 2. The van der Waals surface area contributed by atoms with Crippen LogP contribution in [-0.4, -0.2) is 27.1 Å².